The number of methoxy groups -OCH3 is 1. The fourth-order valence-electron chi connectivity index (χ4n) is 2.05. The zero-order valence-corrected chi connectivity index (χ0v) is 11.6. The molecule has 1 saturated heterocycles. The van der Waals surface area contributed by atoms with Gasteiger partial charge in [0.25, 0.3) is 0 Å². The summed E-state index contributed by atoms with van der Waals surface area (Å²) >= 11 is 0. The Bertz CT molecular complexity index is 215. The molecule has 1 amide bonds. The van der Waals surface area contributed by atoms with E-state index in [0.717, 1.165) is 38.8 Å². The van der Waals surface area contributed by atoms with E-state index in [0.29, 0.717) is 18.5 Å². The molecule has 0 spiro atoms. The lowest BCUT2D eigenvalue weighted by atomic mass is 9.99. The average Bonchev–Trinajstić information content (AvgIpc) is 2.28. The normalized spacial score (nSPS) is 23.9. The Morgan fingerprint density at radius 2 is 2.24 bits per heavy atom. The van der Waals surface area contributed by atoms with E-state index in [1.807, 2.05) is 0 Å². The Kier molecular flexibility index (Phi) is 9.50. The van der Waals surface area contributed by atoms with Gasteiger partial charge in [0.2, 0.25) is 5.91 Å². The first-order valence-electron chi connectivity index (χ1n) is 6.25. The molecule has 2 atom stereocenters. The molecule has 1 aliphatic heterocycles. The first-order chi connectivity index (χ1) is 7.74. The molecule has 1 rings (SSSR count). The van der Waals surface area contributed by atoms with Gasteiger partial charge in [-0.25, -0.2) is 0 Å². The monoisotopic (exact) mass is 264 g/mol. The average molecular weight is 265 g/mol. The second-order valence-electron chi connectivity index (χ2n) is 4.51. The van der Waals surface area contributed by atoms with Crippen molar-refractivity contribution >= 4 is 18.3 Å². The van der Waals surface area contributed by atoms with Crippen LogP contribution in [0.15, 0.2) is 0 Å². The Hall–Kier alpha value is -0.320. The molecule has 2 N–H and O–H groups in total. The molecule has 0 aromatic heterocycles. The summed E-state index contributed by atoms with van der Waals surface area (Å²) < 4.78 is 4.95. The third-order valence-corrected chi connectivity index (χ3v) is 3.11. The summed E-state index contributed by atoms with van der Waals surface area (Å²) in [4.78, 5) is 11.6. The molecule has 0 bridgehead atoms. The Labute approximate surface area is 110 Å². The molecular formula is C12H25ClN2O2. The number of nitrogens with one attached hydrogen (secondary N) is 2. The number of carbonyl (C=O) groups excluding carboxylic acids is 1. The van der Waals surface area contributed by atoms with E-state index < -0.39 is 0 Å². The van der Waals surface area contributed by atoms with Crippen LogP contribution in [0.1, 0.15) is 39.0 Å². The summed E-state index contributed by atoms with van der Waals surface area (Å²) in [7, 11) is 1.69. The number of carbonyl (C=O) groups is 1. The maximum absolute atomic E-state index is 11.6. The molecule has 1 fully saturated rings. The highest BCUT2D eigenvalue weighted by molar-refractivity contribution is 5.85. The van der Waals surface area contributed by atoms with Crippen molar-refractivity contribution in [2.75, 3.05) is 20.3 Å². The second-order valence-corrected chi connectivity index (χ2v) is 4.51. The van der Waals surface area contributed by atoms with Crippen LogP contribution >= 0.6 is 12.4 Å². The van der Waals surface area contributed by atoms with Crippen LogP contribution < -0.4 is 10.6 Å². The minimum absolute atomic E-state index is 0. The third-order valence-electron chi connectivity index (χ3n) is 3.11. The summed E-state index contributed by atoms with van der Waals surface area (Å²) in [5.41, 5.74) is 0. The van der Waals surface area contributed by atoms with Crippen LogP contribution in [0.5, 0.6) is 0 Å². The minimum Gasteiger partial charge on any atom is -0.385 e. The molecule has 5 heteroatoms. The van der Waals surface area contributed by atoms with Crippen LogP contribution in [0.2, 0.25) is 0 Å². The number of piperidine rings is 1. The van der Waals surface area contributed by atoms with Crippen LogP contribution in [0, 0.1) is 0 Å². The number of ether oxygens (including phenoxy) is 1. The van der Waals surface area contributed by atoms with Crippen LogP contribution in [-0.2, 0) is 9.53 Å². The first kappa shape index (κ1) is 16.7. The second kappa shape index (κ2) is 9.68. The molecule has 0 aliphatic carbocycles. The molecule has 2 unspecified atom stereocenters. The molecule has 0 aromatic rings. The molecular weight excluding hydrogens is 240 g/mol. The van der Waals surface area contributed by atoms with Crippen LogP contribution in [0.3, 0.4) is 0 Å². The van der Waals surface area contributed by atoms with Gasteiger partial charge in [-0.1, -0.05) is 0 Å². The van der Waals surface area contributed by atoms with Crippen molar-refractivity contribution in [3.63, 3.8) is 0 Å². The summed E-state index contributed by atoms with van der Waals surface area (Å²) in [6, 6.07) is 0.709. The molecule has 102 valence electrons. The zero-order valence-electron chi connectivity index (χ0n) is 10.8. The predicted molar refractivity (Wildman–Crippen MR) is 71.6 cm³/mol. The summed E-state index contributed by atoms with van der Waals surface area (Å²) in [5, 5.41) is 6.48. The van der Waals surface area contributed by atoms with Crippen molar-refractivity contribution < 1.29 is 9.53 Å². The van der Waals surface area contributed by atoms with Crippen molar-refractivity contribution in [1.29, 1.82) is 0 Å². The first-order valence-corrected chi connectivity index (χ1v) is 6.25. The standard InChI is InChI=1S/C12H24N2O2.ClH/c1-10-11(6-5-8-13-10)14-12(15)7-3-4-9-16-2;/h10-11,13H,3-9H2,1-2H3,(H,14,15);1H. The van der Waals surface area contributed by atoms with Gasteiger partial charge in [-0.05, 0) is 39.2 Å². The van der Waals surface area contributed by atoms with E-state index in [4.69, 9.17) is 4.74 Å². The van der Waals surface area contributed by atoms with Crippen molar-refractivity contribution in [2.45, 2.75) is 51.1 Å². The molecule has 4 nitrogen and oxygen atoms in total. The highest BCUT2D eigenvalue weighted by atomic mass is 35.5. The smallest absolute Gasteiger partial charge is 0.220 e. The van der Waals surface area contributed by atoms with E-state index in [2.05, 4.69) is 17.6 Å². The Morgan fingerprint density at radius 3 is 2.88 bits per heavy atom. The highest BCUT2D eigenvalue weighted by Crippen LogP contribution is 2.08. The summed E-state index contributed by atoms with van der Waals surface area (Å²) in [6.07, 6.45) is 4.74. The lowest BCUT2D eigenvalue weighted by Crippen LogP contribution is -2.51. The van der Waals surface area contributed by atoms with Crippen molar-refractivity contribution in [2.24, 2.45) is 0 Å². The van der Waals surface area contributed by atoms with E-state index in [9.17, 15) is 4.79 Å². The molecule has 0 saturated carbocycles. The maximum atomic E-state index is 11.6. The number of hydrogen-bond donors (Lipinski definition) is 2. The Balaban J connectivity index is 0.00000256. The van der Waals surface area contributed by atoms with E-state index in [1.165, 1.54) is 0 Å². The van der Waals surface area contributed by atoms with Gasteiger partial charge in [0.1, 0.15) is 0 Å². The van der Waals surface area contributed by atoms with Crippen molar-refractivity contribution in [3.05, 3.63) is 0 Å². The SMILES string of the molecule is COCCCCC(=O)NC1CCCNC1C.Cl. The van der Waals surface area contributed by atoms with Gasteiger partial charge in [0.05, 0.1) is 0 Å². The summed E-state index contributed by atoms with van der Waals surface area (Å²) in [5.74, 6) is 0.177. The van der Waals surface area contributed by atoms with Crippen molar-refractivity contribution in [1.82, 2.24) is 10.6 Å². The van der Waals surface area contributed by atoms with Gasteiger partial charge in [0.15, 0.2) is 0 Å². The fourth-order valence-corrected chi connectivity index (χ4v) is 2.05. The predicted octanol–water partition coefficient (Wildman–Crippen LogP) is 1.48. The van der Waals surface area contributed by atoms with E-state index in [1.54, 1.807) is 7.11 Å². The van der Waals surface area contributed by atoms with Gasteiger partial charge in [-0.15, -0.1) is 12.4 Å². The minimum atomic E-state index is 0. The topological polar surface area (TPSA) is 50.4 Å². The molecule has 1 heterocycles. The fraction of sp³-hybridized carbons (Fsp3) is 0.917. The molecule has 17 heavy (non-hydrogen) atoms. The third kappa shape index (κ3) is 6.86. The van der Waals surface area contributed by atoms with Gasteiger partial charge in [-0.3, -0.25) is 4.79 Å². The highest BCUT2D eigenvalue weighted by Gasteiger charge is 2.21. The van der Waals surface area contributed by atoms with Crippen molar-refractivity contribution in [3.8, 4) is 0 Å². The Morgan fingerprint density at radius 1 is 1.47 bits per heavy atom. The van der Waals surface area contributed by atoms with Gasteiger partial charge >= 0.3 is 0 Å². The number of hydrogen-bond acceptors (Lipinski definition) is 3. The lowest BCUT2D eigenvalue weighted by molar-refractivity contribution is -0.122. The number of amides is 1. The summed E-state index contributed by atoms with van der Waals surface area (Å²) in [6.45, 7) is 3.95. The van der Waals surface area contributed by atoms with Crippen LogP contribution in [-0.4, -0.2) is 38.3 Å². The number of unbranched alkanes of at least 4 members (excludes halogenated alkanes) is 1. The quantitative estimate of drug-likeness (QED) is 0.715. The molecule has 1 aliphatic rings. The van der Waals surface area contributed by atoms with Gasteiger partial charge in [0, 0.05) is 32.2 Å². The van der Waals surface area contributed by atoms with Crippen LogP contribution in [0.25, 0.3) is 0 Å². The zero-order chi connectivity index (χ0) is 11.8. The maximum Gasteiger partial charge on any atom is 0.220 e. The van der Waals surface area contributed by atoms with E-state index >= 15 is 0 Å². The number of halogens is 1. The largest absolute Gasteiger partial charge is 0.385 e. The number of rotatable bonds is 6. The van der Waals surface area contributed by atoms with E-state index in [-0.39, 0.29) is 18.3 Å². The lowest BCUT2D eigenvalue weighted by Gasteiger charge is -2.30. The van der Waals surface area contributed by atoms with Crippen LogP contribution in [0.4, 0.5) is 0 Å². The van der Waals surface area contributed by atoms with Gasteiger partial charge in [-0.2, -0.15) is 0 Å². The van der Waals surface area contributed by atoms with Gasteiger partial charge < -0.3 is 15.4 Å². The molecule has 0 aromatic carbocycles. The molecule has 0 radical (unpaired) electrons.